The monoisotopic (exact) mass is 517 g/mol. The Kier molecular flexibility index (Phi) is 7.74. The van der Waals surface area contributed by atoms with Gasteiger partial charge in [0, 0.05) is 65.4 Å². The number of hydrogen-bond donors (Lipinski definition) is 0. The van der Waals surface area contributed by atoms with Crippen LogP contribution in [0.15, 0.2) is 60.7 Å². The molecule has 8 nitrogen and oxygen atoms in total. The van der Waals surface area contributed by atoms with E-state index in [9.17, 15) is 9.59 Å². The first-order valence-electron chi connectivity index (χ1n) is 14.2. The molecule has 4 aliphatic rings. The molecule has 3 heterocycles. The Morgan fingerprint density at radius 2 is 1.05 bits per heavy atom. The molecule has 4 fully saturated rings. The number of rotatable bonds is 6. The maximum atomic E-state index is 13.3. The number of nitrogens with zero attached hydrogens (tertiary/aromatic N) is 5. The summed E-state index contributed by atoms with van der Waals surface area (Å²) in [6.45, 7) is 9.71. The molecule has 3 aliphatic heterocycles. The lowest BCUT2D eigenvalue weighted by molar-refractivity contribution is -0.144. The fraction of sp³-hybridized carbons (Fsp3) is 0.533. The highest BCUT2D eigenvalue weighted by molar-refractivity contribution is 5.92. The van der Waals surface area contributed by atoms with E-state index >= 15 is 0 Å². The van der Waals surface area contributed by atoms with Crippen LogP contribution in [-0.2, 0) is 14.3 Å². The zero-order valence-electron chi connectivity index (χ0n) is 22.2. The van der Waals surface area contributed by atoms with Crippen LogP contribution in [0, 0.1) is 11.8 Å². The fourth-order valence-corrected chi connectivity index (χ4v) is 6.33. The largest absolute Gasteiger partial charge is 0.379 e. The van der Waals surface area contributed by atoms with Crippen molar-refractivity contribution in [1.29, 1.82) is 0 Å². The van der Waals surface area contributed by atoms with Crippen LogP contribution in [-0.4, -0.2) is 115 Å². The van der Waals surface area contributed by atoms with Crippen LogP contribution in [0.4, 0.5) is 0 Å². The molecule has 0 radical (unpaired) electrons. The number of hydrazine groups is 1. The lowest BCUT2D eigenvalue weighted by Crippen LogP contribution is -2.57. The summed E-state index contributed by atoms with van der Waals surface area (Å²) in [5, 5.41) is 4.72. The van der Waals surface area contributed by atoms with Gasteiger partial charge in [-0.2, -0.15) is 0 Å². The number of carbonyl (C=O) groups is 2. The van der Waals surface area contributed by atoms with Gasteiger partial charge in [-0.3, -0.25) is 14.5 Å². The first-order chi connectivity index (χ1) is 18.7. The molecule has 1 aliphatic carbocycles. The zero-order valence-corrected chi connectivity index (χ0v) is 22.2. The van der Waals surface area contributed by atoms with Crippen molar-refractivity contribution >= 4 is 11.8 Å². The molecule has 0 N–H and O–H groups in total. The number of ether oxygens (including phenoxy) is 1. The smallest absolute Gasteiger partial charge is 0.226 e. The highest BCUT2D eigenvalue weighted by Gasteiger charge is 2.51. The second-order valence-electron chi connectivity index (χ2n) is 10.9. The third-order valence-corrected chi connectivity index (χ3v) is 8.60. The van der Waals surface area contributed by atoms with E-state index in [-0.39, 0.29) is 29.7 Å². The Balaban J connectivity index is 1.01. The molecule has 0 spiro atoms. The molecule has 0 aromatic heterocycles. The Bertz CT molecular complexity index is 1040. The molecule has 6 rings (SSSR count). The first kappa shape index (κ1) is 25.5. The van der Waals surface area contributed by atoms with E-state index < -0.39 is 0 Å². The fourth-order valence-electron chi connectivity index (χ4n) is 6.33. The van der Waals surface area contributed by atoms with Crippen molar-refractivity contribution in [3.05, 3.63) is 71.8 Å². The summed E-state index contributed by atoms with van der Waals surface area (Å²) < 4.78 is 5.46. The van der Waals surface area contributed by atoms with E-state index in [1.165, 1.54) is 11.1 Å². The molecular weight excluding hydrogens is 478 g/mol. The van der Waals surface area contributed by atoms with Crippen molar-refractivity contribution in [2.75, 3.05) is 78.7 Å². The molecule has 2 unspecified atom stereocenters. The minimum atomic E-state index is -0.134. The van der Waals surface area contributed by atoms with Crippen LogP contribution >= 0.6 is 0 Å². The Labute approximate surface area is 225 Å². The van der Waals surface area contributed by atoms with Gasteiger partial charge in [0.1, 0.15) is 0 Å². The summed E-state index contributed by atoms with van der Waals surface area (Å²) in [5.41, 5.74) is 2.56. The maximum Gasteiger partial charge on any atom is 0.226 e. The standard InChI is InChI=1S/C30H39N5O3/c36-29(26-23-27(26)30(37)33-15-17-34(18-16-33)35-19-21-38-22-20-35)32-13-11-31(12-14-32)28(24-7-3-1-4-8-24)25-9-5-2-6-10-25/h1-10,26-28H,11-23H2. The Morgan fingerprint density at radius 3 is 1.55 bits per heavy atom. The predicted molar refractivity (Wildman–Crippen MR) is 145 cm³/mol. The number of morpholine rings is 1. The second-order valence-corrected chi connectivity index (χ2v) is 10.9. The molecule has 2 atom stereocenters. The molecule has 3 saturated heterocycles. The molecule has 202 valence electrons. The van der Waals surface area contributed by atoms with Gasteiger partial charge in [0.15, 0.2) is 0 Å². The van der Waals surface area contributed by atoms with Crippen LogP contribution in [0.2, 0.25) is 0 Å². The average molecular weight is 518 g/mol. The summed E-state index contributed by atoms with van der Waals surface area (Å²) in [7, 11) is 0. The van der Waals surface area contributed by atoms with E-state index in [2.05, 4.69) is 75.6 Å². The van der Waals surface area contributed by atoms with Crippen molar-refractivity contribution in [1.82, 2.24) is 24.7 Å². The van der Waals surface area contributed by atoms with Crippen molar-refractivity contribution in [2.24, 2.45) is 11.8 Å². The minimum absolute atomic E-state index is 0.128. The predicted octanol–water partition coefficient (Wildman–Crippen LogP) is 1.95. The first-order valence-corrected chi connectivity index (χ1v) is 14.2. The van der Waals surface area contributed by atoms with Gasteiger partial charge in [-0.15, -0.1) is 0 Å². The zero-order chi connectivity index (χ0) is 25.9. The van der Waals surface area contributed by atoms with Gasteiger partial charge in [-0.25, -0.2) is 10.0 Å². The number of hydrogen-bond acceptors (Lipinski definition) is 6. The lowest BCUT2D eigenvalue weighted by atomic mass is 9.96. The molecule has 2 aromatic rings. The average Bonchev–Trinajstić information content (AvgIpc) is 3.80. The Morgan fingerprint density at radius 1 is 0.605 bits per heavy atom. The number of piperazine rings is 2. The summed E-state index contributed by atoms with van der Waals surface area (Å²) >= 11 is 0. The quantitative estimate of drug-likeness (QED) is 0.584. The molecule has 1 saturated carbocycles. The van der Waals surface area contributed by atoms with Crippen LogP contribution < -0.4 is 0 Å². The molecule has 38 heavy (non-hydrogen) atoms. The van der Waals surface area contributed by atoms with E-state index in [1.54, 1.807) is 0 Å². The van der Waals surface area contributed by atoms with Gasteiger partial charge in [-0.05, 0) is 17.5 Å². The van der Waals surface area contributed by atoms with Crippen LogP contribution in [0.3, 0.4) is 0 Å². The summed E-state index contributed by atoms with van der Waals surface area (Å²) in [6, 6.07) is 21.4. The third kappa shape index (κ3) is 5.50. The van der Waals surface area contributed by atoms with Gasteiger partial charge in [0.25, 0.3) is 0 Å². The van der Waals surface area contributed by atoms with Crippen molar-refractivity contribution < 1.29 is 14.3 Å². The van der Waals surface area contributed by atoms with Gasteiger partial charge in [0.2, 0.25) is 11.8 Å². The van der Waals surface area contributed by atoms with E-state index in [4.69, 9.17) is 4.74 Å². The Hall–Kier alpha value is -2.78. The van der Waals surface area contributed by atoms with Crippen LogP contribution in [0.25, 0.3) is 0 Å². The lowest BCUT2D eigenvalue weighted by Gasteiger charge is -2.42. The second kappa shape index (κ2) is 11.5. The summed E-state index contributed by atoms with van der Waals surface area (Å²) in [4.78, 5) is 33.0. The van der Waals surface area contributed by atoms with E-state index in [0.717, 1.165) is 65.6 Å². The molecule has 8 heteroatoms. The molecule has 2 aromatic carbocycles. The molecule has 0 bridgehead atoms. The molecular formula is C30H39N5O3. The van der Waals surface area contributed by atoms with Crippen LogP contribution in [0.5, 0.6) is 0 Å². The third-order valence-electron chi connectivity index (χ3n) is 8.60. The van der Waals surface area contributed by atoms with Gasteiger partial charge >= 0.3 is 0 Å². The number of benzene rings is 2. The maximum absolute atomic E-state index is 13.3. The van der Waals surface area contributed by atoms with Gasteiger partial charge in [0.05, 0.1) is 31.1 Å². The van der Waals surface area contributed by atoms with Gasteiger partial charge in [-0.1, -0.05) is 60.7 Å². The topological polar surface area (TPSA) is 59.6 Å². The highest BCUT2D eigenvalue weighted by atomic mass is 16.5. The van der Waals surface area contributed by atoms with Gasteiger partial charge < -0.3 is 14.5 Å². The molecule has 2 amide bonds. The van der Waals surface area contributed by atoms with Crippen molar-refractivity contribution in [3.63, 3.8) is 0 Å². The SMILES string of the molecule is O=C(C1CC1C(=O)N1CCN(N2CCOCC2)CC1)N1CCN(C(c2ccccc2)c2ccccc2)CC1. The normalized spacial score (nSPS) is 25.5. The van der Waals surface area contributed by atoms with E-state index in [1.807, 2.05) is 9.80 Å². The summed E-state index contributed by atoms with van der Waals surface area (Å²) in [5.74, 6) is 0.0879. The van der Waals surface area contributed by atoms with Crippen LogP contribution in [0.1, 0.15) is 23.6 Å². The number of carbonyl (C=O) groups excluding carboxylic acids is 2. The van der Waals surface area contributed by atoms with Crippen molar-refractivity contribution in [2.45, 2.75) is 12.5 Å². The van der Waals surface area contributed by atoms with E-state index in [0.29, 0.717) is 19.5 Å². The van der Waals surface area contributed by atoms with Crippen molar-refractivity contribution in [3.8, 4) is 0 Å². The number of amides is 2. The summed E-state index contributed by atoms with van der Waals surface area (Å²) in [6.07, 6.45) is 0.707. The highest BCUT2D eigenvalue weighted by Crippen LogP contribution is 2.42. The minimum Gasteiger partial charge on any atom is -0.379 e.